The predicted molar refractivity (Wildman–Crippen MR) is 75.0 cm³/mol. The van der Waals surface area contributed by atoms with E-state index in [2.05, 4.69) is 30.7 Å². The molecule has 0 bridgehead atoms. The Labute approximate surface area is 114 Å². The van der Waals surface area contributed by atoms with Gasteiger partial charge in [-0.25, -0.2) is 4.98 Å². The van der Waals surface area contributed by atoms with E-state index in [0.29, 0.717) is 18.8 Å². The summed E-state index contributed by atoms with van der Waals surface area (Å²) in [4.78, 5) is 5.94. The third kappa shape index (κ3) is 2.46. The zero-order valence-electron chi connectivity index (χ0n) is 12.2. The molecule has 0 radical (unpaired) electrons. The van der Waals surface area contributed by atoms with Gasteiger partial charge >= 0.3 is 0 Å². The average molecular weight is 266 g/mol. The number of nitrogens with zero attached hydrogens (tertiary/aromatic N) is 2. The lowest BCUT2D eigenvalue weighted by molar-refractivity contribution is -0.0851. The molecular weight excluding hydrogens is 243 g/mol. The normalized spacial score (nSPS) is 22.6. The molecule has 1 aliphatic heterocycles. The second-order valence-electron chi connectivity index (χ2n) is 5.31. The SMILES string of the molecule is CCC1(CC)OCCN(c2cc(C)cnc2F)[C@H]1C. The largest absolute Gasteiger partial charge is 0.371 e. The Bertz CT molecular complexity index is 446. The lowest BCUT2D eigenvalue weighted by Crippen LogP contribution is -2.58. The van der Waals surface area contributed by atoms with E-state index < -0.39 is 0 Å². The number of halogens is 1. The molecule has 0 aliphatic carbocycles. The van der Waals surface area contributed by atoms with Crippen molar-refractivity contribution in [3.63, 3.8) is 0 Å². The van der Waals surface area contributed by atoms with Gasteiger partial charge in [-0.3, -0.25) is 0 Å². The fraction of sp³-hybridized carbons (Fsp3) is 0.667. The summed E-state index contributed by atoms with van der Waals surface area (Å²) in [5.41, 5.74) is 1.39. The maximum Gasteiger partial charge on any atom is 0.236 e. The van der Waals surface area contributed by atoms with E-state index >= 15 is 0 Å². The second kappa shape index (κ2) is 5.45. The maximum absolute atomic E-state index is 14.0. The van der Waals surface area contributed by atoms with Crippen molar-refractivity contribution in [2.45, 2.75) is 52.2 Å². The molecule has 1 aromatic rings. The highest BCUT2D eigenvalue weighted by Crippen LogP contribution is 2.35. The number of aromatic nitrogens is 1. The number of hydrogen-bond donors (Lipinski definition) is 0. The van der Waals surface area contributed by atoms with E-state index in [1.807, 2.05) is 13.0 Å². The average Bonchev–Trinajstić information content (AvgIpc) is 2.42. The molecule has 0 N–H and O–H groups in total. The summed E-state index contributed by atoms with van der Waals surface area (Å²) in [6.45, 7) is 9.68. The standard InChI is InChI=1S/C15H23FN2O/c1-5-15(6-2)12(4)18(7-8-19-15)13-9-11(3)10-17-14(13)16/h9-10,12H,5-8H2,1-4H3/t12-/m0/s1. The van der Waals surface area contributed by atoms with Crippen molar-refractivity contribution >= 4 is 5.69 Å². The fourth-order valence-electron chi connectivity index (χ4n) is 3.06. The number of ether oxygens (including phenoxy) is 1. The summed E-state index contributed by atoms with van der Waals surface area (Å²) in [5, 5.41) is 0. The van der Waals surface area contributed by atoms with Crippen molar-refractivity contribution in [3.05, 3.63) is 23.8 Å². The van der Waals surface area contributed by atoms with E-state index in [4.69, 9.17) is 4.74 Å². The molecule has 1 aliphatic rings. The minimum absolute atomic E-state index is 0.148. The molecule has 2 rings (SSSR count). The summed E-state index contributed by atoms with van der Waals surface area (Å²) in [6, 6.07) is 2.02. The Balaban J connectivity index is 2.36. The lowest BCUT2D eigenvalue weighted by atomic mass is 9.86. The Hall–Kier alpha value is -1.16. The Kier molecular flexibility index (Phi) is 4.09. The summed E-state index contributed by atoms with van der Waals surface area (Å²) >= 11 is 0. The minimum atomic E-state index is -0.388. The van der Waals surface area contributed by atoms with Crippen LogP contribution in [0.25, 0.3) is 0 Å². The molecule has 2 heterocycles. The first-order chi connectivity index (χ1) is 9.04. The molecule has 0 amide bonds. The van der Waals surface area contributed by atoms with Crippen molar-refractivity contribution in [2.24, 2.45) is 0 Å². The van der Waals surface area contributed by atoms with Gasteiger partial charge in [-0.1, -0.05) is 13.8 Å². The van der Waals surface area contributed by atoms with Gasteiger partial charge in [-0.2, -0.15) is 4.39 Å². The first kappa shape index (κ1) is 14.3. The molecule has 4 heteroatoms. The van der Waals surface area contributed by atoms with E-state index in [1.165, 1.54) is 0 Å². The van der Waals surface area contributed by atoms with Crippen LogP contribution in [0.1, 0.15) is 39.2 Å². The van der Waals surface area contributed by atoms with Crippen LogP contribution in [-0.4, -0.2) is 29.8 Å². The number of morpholine rings is 1. The summed E-state index contributed by atoms with van der Waals surface area (Å²) in [7, 11) is 0. The highest BCUT2D eigenvalue weighted by molar-refractivity contribution is 5.49. The van der Waals surface area contributed by atoms with Gasteiger partial charge in [0.25, 0.3) is 0 Å². The van der Waals surface area contributed by atoms with Crippen molar-refractivity contribution < 1.29 is 9.13 Å². The highest BCUT2D eigenvalue weighted by atomic mass is 19.1. The maximum atomic E-state index is 14.0. The number of hydrogen-bond acceptors (Lipinski definition) is 3. The molecule has 0 spiro atoms. The van der Waals surface area contributed by atoms with Gasteiger partial charge in [0.05, 0.1) is 23.9 Å². The molecule has 0 saturated carbocycles. The van der Waals surface area contributed by atoms with Crippen LogP contribution in [-0.2, 0) is 4.74 Å². The molecule has 1 saturated heterocycles. The molecular formula is C15H23FN2O. The van der Waals surface area contributed by atoms with Gasteiger partial charge in [0.15, 0.2) is 0 Å². The van der Waals surface area contributed by atoms with Crippen LogP contribution < -0.4 is 4.90 Å². The molecule has 106 valence electrons. The van der Waals surface area contributed by atoms with Gasteiger partial charge in [0.1, 0.15) is 0 Å². The van der Waals surface area contributed by atoms with Crippen LogP contribution in [0.3, 0.4) is 0 Å². The van der Waals surface area contributed by atoms with E-state index in [9.17, 15) is 4.39 Å². The van der Waals surface area contributed by atoms with Crippen LogP contribution in [0.2, 0.25) is 0 Å². The predicted octanol–water partition coefficient (Wildman–Crippen LogP) is 3.31. The van der Waals surface area contributed by atoms with Gasteiger partial charge in [0, 0.05) is 12.7 Å². The first-order valence-corrected chi connectivity index (χ1v) is 7.06. The molecule has 19 heavy (non-hydrogen) atoms. The molecule has 0 aromatic carbocycles. The highest BCUT2D eigenvalue weighted by Gasteiger charge is 2.41. The smallest absolute Gasteiger partial charge is 0.236 e. The number of anilines is 1. The van der Waals surface area contributed by atoms with E-state index in [1.54, 1.807) is 6.20 Å². The minimum Gasteiger partial charge on any atom is -0.371 e. The van der Waals surface area contributed by atoms with Gasteiger partial charge in [0.2, 0.25) is 5.95 Å². The molecule has 3 nitrogen and oxygen atoms in total. The topological polar surface area (TPSA) is 25.4 Å². The zero-order chi connectivity index (χ0) is 14.0. The first-order valence-electron chi connectivity index (χ1n) is 7.06. The summed E-state index contributed by atoms with van der Waals surface area (Å²) < 4.78 is 20.0. The van der Waals surface area contributed by atoms with Crippen LogP contribution >= 0.6 is 0 Å². The van der Waals surface area contributed by atoms with Crippen LogP contribution in [0.4, 0.5) is 10.1 Å². The third-order valence-electron chi connectivity index (χ3n) is 4.41. The zero-order valence-corrected chi connectivity index (χ0v) is 12.2. The number of pyridine rings is 1. The van der Waals surface area contributed by atoms with Gasteiger partial charge in [-0.05, 0) is 38.3 Å². The molecule has 1 aromatic heterocycles. The van der Waals surface area contributed by atoms with Gasteiger partial charge < -0.3 is 9.64 Å². The van der Waals surface area contributed by atoms with Crippen molar-refractivity contribution in [1.82, 2.24) is 4.98 Å². The Morgan fingerprint density at radius 3 is 2.79 bits per heavy atom. The Morgan fingerprint density at radius 2 is 2.16 bits per heavy atom. The van der Waals surface area contributed by atoms with Gasteiger partial charge in [-0.15, -0.1) is 0 Å². The summed E-state index contributed by atoms with van der Waals surface area (Å²) in [5.74, 6) is -0.388. The summed E-state index contributed by atoms with van der Waals surface area (Å²) in [6.07, 6.45) is 3.43. The van der Waals surface area contributed by atoms with Crippen molar-refractivity contribution in [1.29, 1.82) is 0 Å². The quantitative estimate of drug-likeness (QED) is 0.785. The molecule has 1 fully saturated rings. The number of rotatable bonds is 3. The third-order valence-corrected chi connectivity index (χ3v) is 4.41. The van der Waals surface area contributed by atoms with Crippen molar-refractivity contribution in [3.8, 4) is 0 Å². The molecule has 0 unspecified atom stereocenters. The Morgan fingerprint density at radius 1 is 1.47 bits per heavy atom. The van der Waals surface area contributed by atoms with Crippen LogP contribution in [0.5, 0.6) is 0 Å². The number of aryl methyl sites for hydroxylation is 1. The molecule has 1 atom stereocenters. The van der Waals surface area contributed by atoms with Crippen LogP contribution in [0.15, 0.2) is 12.3 Å². The van der Waals surface area contributed by atoms with E-state index in [0.717, 1.165) is 18.4 Å². The van der Waals surface area contributed by atoms with E-state index in [-0.39, 0.29) is 17.6 Å². The fourth-order valence-corrected chi connectivity index (χ4v) is 3.06. The van der Waals surface area contributed by atoms with Crippen LogP contribution in [0, 0.1) is 12.9 Å². The van der Waals surface area contributed by atoms with Crippen molar-refractivity contribution in [2.75, 3.05) is 18.1 Å². The monoisotopic (exact) mass is 266 g/mol. The lowest BCUT2D eigenvalue weighted by Gasteiger charge is -2.48. The second-order valence-corrected chi connectivity index (χ2v) is 5.31.